The Hall–Kier alpha value is -0.990. The maximum atomic E-state index is 6.27. The first-order valence-electron chi connectivity index (χ1n) is 6.94. The molecule has 2 aromatic rings. The van der Waals surface area contributed by atoms with Gasteiger partial charge in [0, 0.05) is 10.9 Å². The van der Waals surface area contributed by atoms with Crippen LogP contribution in [0.4, 0.5) is 0 Å². The number of halogens is 1. The van der Waals surface area contributed by atoms with Crippen molar-refractivity contribution in [2.24, 2.45) is 5.92 Å². The fourth-order valence-corrected chi connectivity index (χ4v) is 2.71. The monoisotopic (exact) mass is 279 g/mol. The van der Waals surface area contributed by atoms with E-state index in [0.717, 1.165) is 36.2 Å². The summed E-state index contributed by atoms with van der Waals surface area (Å²) in [5.41, 5.74) is 3.28. The third-order valence-electron chi connectivity index (χ3n) is 3.27. The first kappa shape index (κ1) is 14.4. The minimum Gasteiger partial charge on any atom is -0.458 e. The molecule has 1 aromatic carbocycles. The van der Waals surface area contributed by atoms with Crippen LogP contribution in [0.15, 0.2) is 16.5 Å². The second kappa shape index (κ2) is 5.98. The molecule has 0 aliphatic heterocycles. The van der Waals surface area contributed by atoms with E-state index in [1.54, 1.807) is 0 Å². The smallest absolute Gasteiger partial charge is 0.153 e. The summed E-state index contributed by atoms with van der Waals surface area (Å²) < 4.78 is 5.96. The van der Waals surface area contributed by atoms with Gasteiger partial charge in [-0.2, -0.15) is 0 Å². The number of furan rings is 1. The Morgan fingerprint density at radius 3 is 2.68 bits per heavy atom. The van der Waals surface area contributed by atoms with Crippen LogP contribution in [0.25, 0.3) is 11.0 Å². The van der Waals surface area contributed by atoms with Crippen molar-refractivity contribution < 1.29 is 4.42 Å². The molecule has 0 atom stereocenters. The van der Waals surface area contributed by atoms with Crippen molar-refractivity contribution in [1.82, 2.24) is 5.32 Å². The van der Waals surface area contributed by atoms with E-state index in [2.05, 4.69) is 39.1 Å². The van der Waals surface area contributed by atoms with E-state index in [9.17, 15) is 0 Å². The summed E-state index contributed by atoms with van der Waals surface area (Å²) in [6, 6.07) is 4.12. The molecule has 0 spiro atoms. The molecule has 0 bridgehead atoms. The molecule has 19 heavy (non-hydrogen) atoms. The summed E-state index contributed by atoms with van der Waals surface area (Å²) in [7, 11) is 0. The highest BCUT2D eigenvalue weighted by molar-refractivity contribution is 6.35. The molecule has 0 amide bonds. The maximum absolute atomic E-state index is 6.27. The van der Waals surface area contributed by atoms with Crippen molar-refractivity contribution in [2.45, 2.75) is 40.7 Å². The van der Waals surface area contributed by atoms with Crippen molar-refractivity contribution in [3.05, 3.63) is 34.0 Å². The van der Waals surface area contributed by atoms with E-state index in [-0.39, 0.29) is 0 Å². The Balaban J connectivity index is 2.36. The first-order valence-corrected chi connectivity index (χ1v) is 7.31. The standard InChI is InChI=1S/C16H22ClNO/c1-5-12-13-6-11(4)7-14(17)16(13)19-15(12)9-18-8-10(2)3/h6-7,10,18H,5,8-9H2,1-4H3. The van der Waals surface area contributed by atoms with Crippen LogP contribution in [-0.4, -0.2) is 6.54 Å². The highest BCUT2D eigenvalue weighted by Gasteiger charge is 2.15. The molecule has 2 nitrogen and oxygen atoms in total. The van der Waals surface area contributed by atoms with Gasteiger partial charge in [-0.3, -0.25) is 0 Å². The summed E-state index contributed by atoms with van der Waals surface area (Å²) in [4.78, 5) is 0. The largest absolute Gasteiger partial charge is 0.458 e. The van der Waals surface area contributed by atoms with Gasteiger partial charge in [-0.05, 0) is 43.5 Å². The number of hydrogen-bond donors (Lipinski definition) is 1. The van der Waals surface area contributed by atoms with E-state index in [1.165, 1.54) is 11.1 Å². The molecule has 1 N–H and O–H groups in total. The number of rotatable bonds is 5. The number of aryl methyl sites for hydroxylation is 2. The third kappa shape index (κ3) is 3.13. The van der Waals surface area contributed by atoms with Gasteiger partial charge in [-0.15, -0.1) is 0 Å². The van der Waals surface area contributed by atoms with E-state index in [0.29, 0.717) is 10.9 Å². The fourth-order valence-electron chi connectivity index (χ4n) is 2.40. The van der Waals surface area contributed by atoms with E-state index in [4.69, 9.17) is 16.0 Å². The Bertz CT molecular complexity index is 572. The summed E-state index contributed by atoms with van der Waals surface area (Å²) in [5.74, 6) is 1.66. The second-order valence-electron chi connectivity index (χ2n) is 5.51. The van der Waals surface area contributed by atoms with Crippen LogP contribution in [0.2, 0.25) is 5.02 Å². The summed E-state index contributed by atoms with van der Waals surface area (Å²) in [6.45, 7) is 10.4. The van der Waals surface area contributed by atoms with Crippen LogP contribution in [0.1, 0.15) is 37.7 Å². The summed E-state index contributed by atoms with van der Waals surface area (Å²) in [5, 5.41) is 5.30. The molecular formula is C16H22ClNO. The lowest BCUT2D eigenvalue weighted by Gasteiger charge is -2.06. The zero-order valence-electron chi connectivity index (χ0n) is 12.1. The van der Waals surface area contributed by atoms with Gasteiger partial charge < -0.3 is 9.73 Å². The lowest BCUT2D eigenvalue weighted by molar-refractivity contribution is 0.481. The molecule has 0 aliphatic carbocycles. The van der Waals surface area contributed by atoms with Crippen molar-refractivity contribution in [3.63, 3.8) is 0 Å². The molecule has 1 heterocycles. The van der Waals surface area contributed by atoms with Crippen molar-refractivity contribution in [1.29, 1.82) is 0 Å². The van der Waals surface area contributed by atoms with Gasteiger partial charge in [-0.25, -0.2) is 0 Å². The van der Waals surface area contributed by atoms with E-state index in [1.807, 2.05) is 6.07 Å². The Morgan fingerprint density at radius 1 is 1.32 bits per heavy atom. The molecule has 1 aromatic heterocycles. The highest BCUT2D eigenvalue weighted by atomic mass is 35.5. The quantitative estimate of drug-likeness (QED) is 0.858. The highest BCUT2D eigenvalue weighted by Crippen LogP contribution is 2.32. The van der Waals surface area contributed by atoms with Gasteiger partial charge in [0.15, 0.2) is 5.58 Å². The van der Waals surface area contributed by atoms with E-state index < -0.39 is 0 Å². The molecule has 0 radical (unpaired) electrons. The average molecular weight is 280 g/mol. The van der Waals surface area contributed by atoms with Gasteiger partial charge in [0.05, 0.1) is 11.6 Å². The minimum absolute atomic E-state index is 0.639. The second-order valence-corrected chi connectivity index (χ2v) is 5.91. The maximum Gasteiger partial charge on any atom is 0.153 e. The van der Waals surface area contributed by atoms with Gasteiger partial charge in [-0.1, -0.05) is 32.4 Å². The van der Waals surface area contributed by atoms with Gasteiger partial charge in [0.1, 0.15) is 5.76 Å². The summed E-state index contributed by atoms with van der Waals surface area (Å²) >= 11 is 6.27. The molecule has 104 valence electrons. The summed E-state index contributed by atoms with van der Waals surface area (Å²) in [6.07, 6.45) is 0.964. The lowest BCUT2D eigenvalue weighted by atomic mass is 10.1. The molecule has 0 saturated heterocycles. The number of fused-ring (bicyclic) bond motifs is 1. The average Bonchev–Trinajstić information content (AvgIpc) is 2.66. The zero-order chi connectivity index (χ0) is 14.0. The zero-order valence-corrected chi connectivity index (χ0v) is 12.9. The van der Waals surface area contributed by atoms with Crippen LogP contribution in [-0.2, 0) is 13.0 Å². The predicted octanol–water partition coefficient (Wildman–Crippen LogP) is 4.70. The molecule has 0 fully saturated rings. The van der Waals surface area contributed by atoms with Gasteiger partial charge in [0.25, 0.3) is 0 Å². The van der Waals surface area contributed by atoms with Crippen LogP contribution >= 0.6 is 11.6 Å². The van der Waals surface area contributed by atoms with Crippen molar-refractivity contribution in [3.8, 4) is 0 Å². The molecule has 0 unspecified atom stereocenters. The van der Waals surface area contributed by atoms with Crippen LogP contribution < -0.4 is 5.32 Å². The fraction of sp³-hybridized carbons (Fsp3) is 0.500. The van der Waals surface area contributed by atoms with Crippen LogP contribution in [0.3, 0.4) is 0 Å². The lowest BCUT2D eigenvalue weighted by Crippen LogP contribution is -2.19. The van der Waals surface area contributed by atoms with Gasteiger partial charge >= 0.3 is 0 Å². The van der Waals surface area contributed by atoms with Crippen molar-refractivity contribution >= 4 is 22.6 Å². The first-order chi connectivity index (χ1) is 9.02. The number of nitrogens with one attached hydrogen (secondary N) is 1. The number of hydrogen-bond acceptors (Lipinski definition) is 2. The Morgan fingerprint density at radius 2 is 2.05 bits per heavy atom. The molecule has 3 heteroatoms. The predicted molar refractivity (Wildman–Crippen MR) is 81.9 cm³/mol. The van der Waals surface area contributed by atoms with E-state index >= 15 is 0 Å². The van der Waals surface area contributed by atoms with Crippen molar-refractivity contribution in [2.75, 3.05) is 6.54 Å². The van der Waals surface area contributed by atoms with Crippen LogP contribution in [0, 0.1) is 12.8 Å². The molecule has 2 rings (SSSR count). The SMILES string of the molecule is CCc1c(CNCC(C)C)oc2c(Cl)cc(C)cc12. The normalized spacial score (nSPS) is 11.7. The Labute approximate surface area is 120 Å². The topological polar surface area (TPSA) is 25.2 Å². The number of benzene rings is 1. The van der Waals surface area contributed by atoms with Crippen LogP contribution in [0.5, 0.6) is 0 Å². The molecule has 0 saturated carbocycles. The molecular weight excluding hydrogens is 258 g/mol. The van der Waals surface area contributed by atoms with Gasteiger partial charge in [0.2, 0.25) is 0 Å². The molecule has 0 aliphatic rings. The Kier molecular flexibility index (Phi) is 4.54. The third-order valence-corrected chi connectivity index (χ3v) is 3.55. The minimum atomic E-state index is 0.639.